The fourth-order valence-electron chi connectivity index (χ4n) is 2.31. The number of aromatic nitrogens is 4. The van der Waals surface area contributed by atoms with Gasteiger partial charge in [0.05, 0.1) is 4.47 Å². The predicted molar refractivity (Wildman–Crippen MR) is 93.0 cm³/mol. The van der Waals surface area contributed by atoms with Crippen LogP contribution in [0.2, 0.25) is 0 Å². The summed E-state index contributed by atoms with van der Waals surface area (Å²) in [6, 6.07) is 8.02. The van der Waals surface area contributed by atoms with Crippen LogP contribution < -0.4 is 4.74 Å². The molecular weight excluding hydrogens is 393 g/mol. The minimum atomic E-state index is -0.415. The van der Waals surface area contributed by atoms with Crippen LogP contribution in [0.15, 0.2) is 44.9 Å². The molecule has 1 aliphatic rings. The van der Waals surface area contributed by atoms with Crippen molar-refractivity contribution in [3.63, 3.8) is 0 Å². The van der Waals surface area contributed by atoms with Gasteiger partial charge in [-0.05, 0) is 34.1 Å². The number of halogens is 2. The molecule has 0 saturated carbocycles. The molecule has 0 aliphatic carbocycles. The van der Waals surface area contributed by atoms with Crippen LogP contribution in [0.4, 0.5) is 4.39 Å². The number of para-hydroxylation sites is 1. The van der Waals surface area contributed by atoms with Gasteiger partial charge in [-0.1, -0.05) is 22.4 Å². The zero-order valence-electron chi connectivity index (χ0n) is 13.0. The Morgan fingerprint density at radius 3 is 2.92 bits per heavy atom. The molecule has 0 N–H and O–H groups in total. The Bertz CT molecular complexity index is 1000. The molecule has 3 aromatic rings. The molecule has 0 radical (unpaired) electrons. The summed E-state index contributed by atoms with van der Waals surface area (Å²) in [5, 5.41) is 12.2. The first kappa shape index (κ1) is 15.8. The molecule has 126 valence electrons. The number of aliphatic imine (C=N–C) groups is 1. The summed E-state index contributed by atoms with van der Waals surface area (Å²) in [7, 11) is 1.84. The van der Waals surface area contributed by atoms with E-state index in [4.69, 9.17) is 4.74 Å². The molecule has 8 nitrogen and oxygen atoms in total. The average Bonchev–Trinajstić information content (AvgIpc) is 3.20. The topological polar surface area (TPSA) is 77.5 Å². The van der Waals surface area contributed by atoms with E-state index >= 15 is 0 Å². The number of ether oxygens (including phenoxy) is 1. The van der Waals surface area contributed by atoms with Gasteiger partial charge in [0.15, 0.2) is 12.0 Å². The Balaban J connectivity index is 1.73. The Morgan fingerprint density at radius 1 is 1.32 bits per heavy atom. The fourth-order valence-corrected chi connectivity index (χ4v) is 2.73. The lowest BCUT2D eigenvalue weighted by Crippen LogP contribution is -2.38. The number of nitrogens with zero attached hydrogens (tertiary/aromatic N) is 7. The largest absolute Gasteiger partial charge is 0.424 e. The normalized spacial score (nSPS) is 19.0. The third-order valence-corrected chi connectivity index (χ3v) is 4.16. The maximum atomic E-state index is 14.1. The molecule has 1 aliphatic heterocycles. The highest BCUT2D eigenvalue weighted by Gasteiger charge is 2.24. The van der Waals surface area contributed by atoms with Crippen LogP contribution in [0.5, 0.6) is 5.88 Å². The van der Waals surface area contributed by atoms with Crippen LogP contribution in [-0.2, 0) is 0 Å². The smallest absolute Gasteiger partial charge is 0.254 e. The van der Waals surface area contributed by atoms with Crippen LogP contribution >= 0.6 is 15.9 Å². The molecule has 0 saturated heterocycles. The van der Waals surface area contributed by atoms with Crippen molar-refractivity contribution in [2.45, 2.75) is 0 Å². The molecule has 0 fully saturated rings. The van der Waals surface area contributed by atoms with Gasteiger partial charge in [-0.3, -0.25) is 0 Å². The highest BCUT2D eigenvalue weighted by Crippen LogP contribution is 2.28. The van der Waals surface area contributed by atoms with Gasteiger partial charge >= 0.3 is 0 Å². The summed E-state index contributed by atoms with van der Waals surface area (Å²) in [6.07, 6.45) is 3.11. The lowest BCUT2D eigenvalue weighted by atomic mass is 10.3. The van der Waals surface area contributed by atoms with Crippen molar-refractivity contribution in [2.24, 2.45) is 10.1 Å². The lowest BCUT2D eigenvalue weighted by molar-refractivity contribution is -0.836. The van der Waals surface area contributed by atoms with Crippen LogP contribution in [-0.4, -0.2) is 51.0 Å². The van der Waals surface area contributed by atoms with E-state index < -0.39 is 5.82 Å². The number of quaternary nitrogens is 1. The number of benzene rings is 1. The highest BCUT2D eigenvalue weighted by molar-refractivity contribution is 9.10. The van der Waals surface area contributed by atoms with E-state index in [0.717, 1.165) is 0 Å². The molecule has 1 atom stereocenters. The molecule has 0 amide bonds. The SMILES string of the molecule is C[N+]1(COc2nc3c(cc2Br)nnn3-c2ccccc2F)C=NC=N1. The Morgan fingerprint density at radius 2 is 2.16 bits per heavy atom. The van der Waals surface area contributed by atoms with Crippen molar-refractivity contribution < 1.29 is 13.7 Å². The maximum Gasteiger partial charge on any atom is 0.254 e. The molecule has 25 heavy (non-hydrogen) atoms. The third-order valence-electron chi connectivity index (χ3n) is 3.59. The van der Waals surface area contributed by atoms with Crippen molar-refractivity contribution in [2.75, 3.05) is 13.8 Å². The molecule has 10 heteroatoms. The van der Waals surface area contributed by atoms with E-state index in [-0.39, 0.29) is 17.0 Å². The first-order valence-electron chi connectivity index (χ1n) is 7.29. The zero-order chi connectivity index (χ0) is 17.4. The quantitative estimate of drug-likeness (QED) is 0.625. The van der Waals surface area contributed by atoms with Gasteiger partial charge in [0.2, 0.25) is 12.2 Å². The predicted octanol–water partition coefficient (Wildman–Crippen LogP) is 2.49. The highest BCUT2D eigenvalue weighted by atomic mass is 79.9. The van der Waals surface area contributed by atoms with Gasteiger partial charge in [0.25, 0.3) is 6.73 Å². The molecule has 1 aromatic carbocycles. The minimum Gasteiger partial charge on any atom is -0.424 e. The number of rotatable bonds is 4. The second kappa shape index (κ2) is 5.97. The van der Waals surface area contributed by atoms with Crippen LogP contribution in [0.1, 0.15) is 0 Å². The van der Waals surface area contributed by atoms with Crippen molar-refractivity contribution in [1.82, 2.24) is 20.0 Å². The summed E-state index contributed by atoms with van der Waals surface area (Å²) in [6.45, 7) is 0.207. The van der Waals surface area contributed by atoms with E-state index in [2.05, 4.69) is 41.3 Å². The molecule has 1 unspecified atom stereocenters. The molecular formula is C15H12BrFN7O+. The average molecular weight is 405 g/mol. The van der Waals surface area contributed by atoms with Gasteiger partial charge < -0.3 is 4.74 Å². The van der Waals surface area contributed by atoms with Gasteiger partial charge in [0.1, 0.15) is 24.1 Å². The minimum absolute atomic E-state index is 0.150. The van der Waals surface area contributed by atoms with Gasteiger partial charge in [-0.2, -0.15) is 14.7 Å². The first-order valence-corrected chi connectivity index (χ1v) is 8.08. The third kappa shape index (κ3) is 2.89. The van der Waals surface area contributed by atoms with Crippen LogP contribution in [0.3, 0.4) is 0 Å². The van der Waals surface area contributed by atoms with Gasteiger partial charge in [0, 0.05) is 0 Å². The summed E-state index contributed by atoms with van der Waals surface area (Å²) >= 11 is 3.41. The molecule has 3 heterocycles. The fraction of sp³-hybridized carbons (Fsp3) is 0.133. The Kier molecular flexibility index (Phi) is 3.77. The van der Waals surface area contributed by atoms with Crippen molar-refractivity contribution in [3.8, 4) is 11.6 Å². The number of hydrogen-bond donors (Lipinski definition) is 0. The number of fused-ring (bicyclic) bond motifs is 1. The Labute approximate surface area is 150 Å². The maximum absolute atomic E-state index is 14.1. The standard InChI is InChI=1S/C15H12BrFN7O/c1-24(8-18-7-19-24)9-25-15-10(16)6-12-14(20-15)23(22-21-12)13-5-3-2-4-11(13)17/h2-8H,9H2,1H3/q+1. The number of pyridine rings is 1. The van der Waals surface area contributed by atoms with Crippen LogP contribution in [0.25, 0.3) is 16.9 Å². The van der Waals surface area contributed by atoms with Crippen molar-refractivity contribution in [3.05, 3.63) is 40.6 Å². The van der Waals surface area contributed by atoms with Crippen molar-refractivity contribution >= 4 is 39.8 Å². The first-order chi connectivity index (χ1) is 12.1. The van der Waals surface area contributed by atoms with E-state index in [1.165, 1.54) is 17.1 Å². The number of hydrogen-bond acceptors (Lipinski definition) is 6. The Hall–Kier alpha value is -2.72. The molecule has 0 spiro atoms. The van der Waals surface area contributed by atoms with E-state index in [1.54, 1.807) is 30.6 Å². The van der Waals surface area contributed by atoms with Gasteiger partial charge in [-0.25, -0.2) is 4.39 Å². The molecule has 4 rings (SSSR count). The van der Waals surface area contributed by atoms with Gasteiger partial charge in [-0.15, -0.1) is 9.69 Å². The summed E-state index contributed by atoms with van der Waals surface area (Å²) in [5.41, 5.74) is 1.18. The van der Waals surface area contributed by atoms with Crippen LogP contribution in [0, 0.1) is 5.82 Å². The summed E-state index contributed by atoms with van der Waals surface area (Å²) < 4.78 is 22.0. The lowest BCUT2D eigenvalue weighted by Gasteiger charge is -2.18. The molecule has 2 aromatic heterocycles. The second-order valence-electron chi connectivity index (χ2n) is 5.55. The zero-order valence-corrected chi connectivity index (χ0v) is 14.6. The molecule has 0 bridgehead atoms. The summed E-state index contributed by atoms with van der Waals surface area (Å²) in [5.74, 6) is -0.0793. The summed E-state index contributed by atoms with van der Waals surface area (Å²) in [4.78, 5) is 8.39. The second-order valence-corrected chi connectivity index (χ2v) is 6.41. The van der Waals surface area contributed by atoms with Crippen molar-refractivity contribution in [1.29, 1.82) is 0 Å². The monoisotopic (exact) mass is 404 g/mol. The van der Waals surface area contributed by atoms with E-state index in [9.17, 15) is 4.39 Å². The van der Waals surface area contributed by atoms with E-state index in [0.29, 0.717) is 21.5 Å². The van der Waals surface area contributed by atoms with E-state index in [1.807, 2.05) is 7.05 Å².